The van der Waals surface area contributed by atoms with Crippen molar-refractivity contribution >= 4 is 35.4 Å². The first kappa shape index (κ1) is 19.5. The van der Waals surface area contributed by atoms with E-state index in [0.717, 1.165) is 6.07 Å². The Labute approximate surface area is 151 Å². The largest absolute Gasteiger partial charge is 0.456 e. The first-order chi connectivity index (χ1) is 12.8. The number of imide groups is 2. The number of carbonyl (C=O) groups is 5. The van der Waals surface area contributed by atoms with Crippen molar-refractivity contribution in [3.63, 3.8) is 0 Å². The van der Waals surface area contributed by atoms with Gasteiger partial charge in [0.15, 0.2) is 6.61 Å². The number of hydrogen-bond acceptors (Lipinski definition) is 8. The Morgan fingerprint density at radius 1 is 1.22 bits per heavy atom. The van der Waals surface area contributed by atoms with Crippen LogP contribution in [0.2, 0.25) is 0 Å². The van der Waals surface area contributed by atoms with Crippen molar-refractivity contribution in [1.82, 2.24) is 15.5 Å². The molecule has 0 aliphatic carbocycles. The molecule has 1 aromatic rings. The van der Waals surface area contributed by atoms with Gasteiger partial charge in [0.05, 0.1) is 16.9 Å². The molecule has 0 spiro atoms. The summed E-state index contributed by atoms with van der Waals surface area (Å²) in [5.41, 5.74) is -0.944. The van der Waals surface area contributed by atoms with E-state index in [0.29, 0.717) is 4.90 Å². The first-order valence-corrected chi connectivity index (χ1v) is 7.57. The van der Waals surface area contributed by atoms with Crippen LogP contribution in [0.5, 0.6) is 0 Å². The number of nitro benzene ring substituents is 1. The van der Waals surface area contributed by atoms with Crippen LogP contribution in [0.25, 0.3) is 0 Å². The average molecular weight is 378 g/mol. The van der Waals surface area contributed by atoms with Crippen LogP contribution in [0, 0.1) is 10.1 Å². The summed E-state index contributed by atoms with van der Waals surface area (Å²) in [5.74, 6) is -3.40. The molecule has 0 atom stereocenters. The molecule has 12 heteroatoms. The summed E-state index contributed by atoms with van der Waals surface area (Å²) >= 11 is 0. The second-order valence-electron chi connectivity index (χ2n) is 5.26. The third-order valence-corrected chi connectivity index (χ3v) is 3.56. The number of urea groups is 1. The molecule has 142 valence electrons. The lowest BCUT2D eigenvalue weighted by Gasteiger charge is -2.13. The molecule has 2 rings (SSSR count). The predicted molar refractivity (Wildman–Crippen MR) is 86.6 cm³/mol. The highest BCUT2D eigenvalue weighted by atomic mass is 16.6. The van der Waals surface area contributed by atoms with Gasteiger partial charge in [-0.1, -0.05) is 6.07 Å². The van der Waals surface area contributed by atoms with Crippen LogP contribution < -0.4 is 10.6 Å². The second kappa shape index (κ2) is 8.03. The highest BCUT2D eigenvalue weighted by Crippen LogP contribution is 2.30. The number of hydrogen-bond donors (Lipinski definition) is 2. The van der Waals surface area contributed by atoms with Gasteiger partial charge in [0.25, 0.3) is 23.4 Å². The van der Waals surface area contributed by atoms with Crippen LogP contribution in [0.3, 0.4) is 0 Å². The molecule has 1 aromatic carbocycles. The second-order valence-corrected chi connectivity index (χ2v) is 5.26. The van der Waals surface area contributed by atoms with Gasteiger partial charge in [-0.3, -0.25) is 39.5 Å². The number of nitro groups is 1. The highest BCUT2D eigenvalue weighted by Gasteiger charge is 2.40. The highest BCUT2D eigenvalue weighted by molar-refractivity contribution is 6.23. The minimum absolute atomic E-state index is 0.118. The fraction of sp³-hybridized carbons (Fsp3) is 0.267. The zero-order chi connectivity index (χ0) is 20.1. The Morgan fingerprint density at radius 3 is 2.56 bits per heavy atom. The number of esters is 1. The Hall–Kier alpha value is -3.83. The molecule has 0 saturated heterocycles. The van der Waals surface area contributed by atoms with E-state index in [2.05, 4.69) is 10.1 Å². The standard InChI is InChI=1S/C15H14N4O8/c1-16-15(24)17-10(20)7-27-11(21)5-6-18-13(22)8-3-2-4-9(19(25)26)12(8)14(18)23/h2-4H,5-7H2,1H3,(H2,16,17,20,24). The molecule has 0 fully saturated rings. The van der Waals surface area contributed by atoms with Crippen molar-refractivity contribution in [3.05, 3.63) is 39.4 Å². The monoisotopic (exact) mass is 378 g/mol. The molecular formula is C15H14N4O8. The van der Waals surface area contributed by atoms with Crippen LogP contribution in [-0.4, -0.2) is 59.7 Å². The van der Waals surface area contributed by atoms with Crippen LogP contribution in [0.1, 0.15) is 27.1 Å². The summed E-state index contributed by atoms with van der Waals surface area (Å²) in [6.07, 6.45) is -0.424. The fourth-order valence-electron chi connectivity index (χ4n) is 2.32. The lowest BCUT2D eigenvalue weighted by Crippen LogP contribution is -2.40. The number of carbonyl (C=O) groups excluding carboxylic acids is 5. The molecule has 0 unspecified atom stereocenters. The lowest BCUT2D eigenvalue weighted by molar-refractivity contribution is -0.385. The molecule has 1 heterocycles. The maximum atomic E-state index is 12.3. The Morgan fingerprint density at radius 2 is 1.93 bits per heavy atom. The maximum absolute atomic E-state index is 12.3. The number of fused-ring (bicyclic) bond motifs is 1. The van der Waals surface area contributed by atoms with Gasteiger partial charge in [-0.05, 0) is 6.07 Å². The predicted octanol–water partition coefficient (Wildman–Crippen LogP) is -0.420. The van der Waals surface area contributed by atoms with Crippen molar-refractivity contribution in [2.75, 3.05) is 20.2 Å². The molecule has 12 nitrogen and oxygen atoms in total. The number of rotatable bonds is 6. The SMILES string of the molecule is CNC(=O)NC(=O)COC(=O)CCN1C(=O)c2cccc([N+](=O)[O-])c2C1=O. The first-order valence-electron chi connectivity index (χ1n) is 7.57. The third kappa shape index (κ3) is 4.23. The van der Waals surface area contributed by atoms with Crippen molar-refractivity contribution < 1.29 is 33.6 Å². The number of ether oxygens (including phenoxy) is 1. The smallest absolute Gasteiger partial charge is 0.321 e. The summed E-state index contributed by atoms with van der Waals surface area (Å²) in [6, 6.07) is 2.89. The quantitative estimate of drug-likeness (QED) is 0.291. The van der Waals surface area contributed by atoms with Crippen molar-refractivity contribution in [2.24, 2.45) is 0 Å². The van der Waals surface area contributed by atoms with E-state index in [4.69, 9.17) is 0 Å². The van der Waals surface area contributed by atoms with Gasteiger partial charge in [0, 0.05) is 19.7 Å². The Bertz CT molecular complexity index is 850. The lowest BCUT2D eigenvalue weighted by atomic mass is 10.1. The Kier molecular flexibility index (Phi) is 5.80. The minimum Gasteiger partial charge on any atom is -0.456 e. The fourth-order valence-corrected chi connectivity index (χ4v) is 2.32. The molecule has 1 aliphatic rings. The summed E-state index contributed by atoms with van der Waals surface area (Å²) in [5, 5.41) is 15.0. The molecule has 5 amide bonds. The van der Waals surface area contributed by atoms with E-state index in [-0.39, 0.29) is 17.7 Å². The van der Waals surface area contributed by atoms with E-state index in [1.807, 2.05) is 5.32 Å². The van der Waals surface area contributed by atoms with Crippen LogP contribution in [-0.2, 0) is 14.3 Å². The molecule has 0 bridgehead atoms. The van der Waals surface area contributed by atoms with Gasteiger partial charge in [0.1, 0.15) is 5.56 Å². The van der Waals surface area contributed by atoms with E-state index in [1.54, 1.807) is 0 Å². The van der Waals surface area contributed by atoms with Crippen LogP contribution in [0.15, 0.2) is 18.2 Å². The van der Waals surface area contributed by atoms with E-state index < -0.39 is 53.4 Å². The van der Waals surface area contributed by atoms with Gasteiger partial charge >= 0.3 is 12.0 Å². The van der Waals surface area contributed by atoms with Gasteiger partial charge in [-0.2, -0.15) is 0 Å². The zero-order valence-corrected chi connectivity index (χ0v) is 14.0. The summed E-state index contributed by atoms with van der Waals surface area (Å²) < 4.78 is 4.63. The molecule has 1 aliphatic heterocycles. The summed E-state index contributed by atoms with van der Waals surface area (Å²) in [6.45, 7) is -1.10. The van der Waals surface area contributed by atoms with Gasteiger partial charge in [-0.25, -0.2) is 4.79 Å². The molecule has 0 aromatic heterocycles. The molecule has 27 heavy (non-hydrogen) atoms. The molecule has 0 radical (unpaired) electrons. The normalized spacial score (nSPS) is 12.4. The van der Waals surface area contributed by atoms with Gasteiger partial charge < -0.3 is 10.1 Å². The maximum Gasteiger partial charge on any atom is 0.321 e. The van der Waals surface area contributed by atoms with Crippen LogP contribution in [0.4, 0.5) is 10.5 Å². The van der Waals surface area contributed by atoms with Crippen molar-refractivity contribution in [1.29, 1.82) is 0 Å². The Balaban J connectivity index is 1.94. The minimum atomic E-state index is -0.895. The number of nitrogens with one attached hydrogen (secondary N) is 2. The van der Waals surface area contributed by atoms with Gasteiger partial charge in [0.2, 0.25) is 0 Å². The summed E-state index contributed by atoms with van der Waals surface area (Å²) in [4.78, 5) is 69.4. The third-order valence-electron chi connectivity index (χ3n) is 3.56. The van der Waals surface area contributed by atoms with Crippen LogP contribution >= 0.6 is 0 Å². The van der Waals surface area contributed by atoms with Gasteiger partial charge in [-0.15, -0.1) is 0 Å². The summed E-state index contributed by atoms with van der Waals surface area (Å²) in [7, 11) is 1.29. The van der Waals surface area contributed by atoms with E-state index in [1.165, 1.54) is 19.2 Å². The molecule has 2 N–H and O–H groups in total. The zero-order valence-electron chi connectivity index (χ0n) is 14.0. The number of benzene rings is 1. The average Bonchev–Trinajstić information content (AvgIpc) is 2.88. The molecule has 0 saturated carbocycles. The number of nitrogens with zero attached hydrogens (tertiary/aromatic N) is 2. The number of amides is 5. The van der Waals surface area contributed by atoms with E-state index in [9.17, 15) is 34.1 Å². The topological polar surface area (TPSA) is 165 Å². The van der Waals surface area contributed by atoms with Crippen molar-refractivity contribution in [3.8, 4) is 0 Å². The molecular weight excluding hydrogens is 364 g/mol. The van der Waals surface area contributed by atoms with Crippen molar-refractivity contribution in [2.45, 2.75) is 6.42 Å². The van der Waals surface area contributed by atoms with E-state index >= 15 is 0 Å².